The van der Waals surface area contributed by atoms with E-state index in [1.807, 2.05) is 24.3 Å². The number of aromatic nitrogens is 1. The molecular weight excluding hydrogens is 388 g/mol. The smallest absolute Gasteiger partial charge is 0.260 e. The van der Waals surface area contributed by atoms with Crippen molar-refractivity contribution in [3.63, 3.8) is 0 Å². The Morgan fingerprint density at radius 3 is 2.59 bits per heavy atom. The van der Waals surface area contributed by atoms with Crippen LogP contribution in [0.25, 0.3) is 0 Å². The third-order valence-corrected chi connectivity index (χ3v) is 5.83. The summed E-state index contributed by atoms with van der Waals surface area (Å²) in [7, 11) is 0. The molecule has 2 aliphatic rings. The van der Waals surface area contributed by atoms with Crippen molar-refractivity contribution in [2.45, 2.75) is 12.6 Å². The summed E-state index contributed by atoms with van der Waals surface area (Å²) in [5, 5.41) is 5.03. The summed E-state index contributed by atoms with van der Waals surface area (Å²) < 4.78 is 0. The van der Waals surface area contributed by atoms with E-state index in [4.69, 9.17) is 0 Å². The van der Waals surface area contributed by atoms with Crippen LogP contribution in [0.5, 0.6) is 0 Å². The minimum Gasteiger partial charge on any atom is -0.313 e. The number of rotatable bonds is 4. The predicted octanol–water partition coefficient (Wildman–Crippen LogP) is 3.29. The predicted molar refractivity (Wildman–Crippen MR) is 109 cm³/mol. The van der Waals surface area contributed by atoms with Crippen molar-refractivity contribution in [3.05, 3.63) is 76.8 Å². The molecule has 29 heavy (non-hydrogen) atoms. The van der Waals surface area contributed by atoms with E-state index in [-0.39, 0.29) is 30.7 Å². The molecule has 1 atom stereocenters. The van der Waals surface area contributed by atoms with E-state index in [2.05, 4.69) is 10.3 Å². The van der Waals surface area contributed by atoms with Gasteiger partial charge >= 0.3 is 0 Å². The number of carbonyl (C=O) groups excluding carboxylic acids is 3. The Balaban J connectivity index is 1.48. The highest BCUT2D eigenvalue weighted by Gasteiger charge is 2.47. The lowest BCUT2D eigenvalue weighted by molar-refractivity contribution is -0.116. The van der Waals surface area contributed by atoms with Gasteiger partial charge in [-0.15, -0.1) is 11.3 Å². The van der Waals surface area contributed by atoms with Gasteiger partial charge in [0, 0.05) is 35.7 Å². The number of carbonyl (C=O) groups is 3. The maximum absolute atomic E-state index is 13.3. The Bertz CT molecular complexity index is 1130. The molecule has 0 radical (unpaired) electrons. The number of amides is 3. The van der Waals surface area contributed by atoms with Crippen molar-refractivity contribution >= 4 is 39.9 Å². The summed E-state index contributed by atoms with van der Waals surface area (Å²) in [6.07, 6.45) is 1.17. The SMILES string of the molecule is O=C(CCN1C(=O)c2ccccc2N2C(=O)c3ccccc3[C@H]12)Nc1nccs1. The van der Waals surface area contributed by atoms with Crippen LogP contribution < -0.4 is 10.2 Å². The number of hydrogen-bond donors (Lipinski definition) is 1. The van der Waals surface area contributed by atoms with Gasteiger partial charge in [-0.2, -0.15) is 0 Å². The van der Waals surface area contributed by atoms with Gasteiger partial charge in [-0.3, -0.25) is 19.3 Å². The zero-order valence-corrected chi connectivity index (χ0v) is 16.1. The fourth-order valence-electron chi connectivity index (χ4n) is 3.89. The van der Waals surface area contributed by atoms with Gasteiger partial charge in [-0.1, -0.05) is 30.3 Å². The van der Waals surface area contributed by atoms with Crippen molar-refractivity contribution < 1.29 is 14.4 Å². The Hall–Kier alpha value is -3.52. The van der Waals surface area contributed by atoms with Crippen LogP contribution in [0.15, 0.2) is 60.1 Å². The van der Waals surface area contributed by atoms with Gasteiger partial charge < -0.3 is 10.2 Å². The second-order valence-corrected chi connectivity index (χ2v) is 7.68. The van der Waals surface area contributed by atoms with Gasteiger partial charge in [0.25, 0.3) is 11.8 Å². The standard InChI is InChI=1S/C21H16N4O3S/c26-17(23-21-22-10-12-29-21)9-11-24-18-13-5-1-2-6-14(13)20(28)25(18)16-8-4-3-7-15(16)19(24)27/h1-8,10,12,18H,9,11H2,(H,22,23,26)/t18-/m1/s1. The van der Waals surface area contributed by atoms with Crippen LogP contribution in [0.2, 0.25) is 0 Å². The molecule has 3 amide bonds. The van der Waals surface area contributed by atoms with Gasteiger partial charge in [-0.25, -0.2) is 4.98 Å². The molecule has 1 N–H and O–H groups in total. The quantitative estimate of drug-likeness (QED) is 0.723. The Morgan fingerprint density at radius 2 is 1.79 bits per heavy atom. The third-order valence-electron chi connectivity index (χ3n) is 5.14. The molecule has 3 heterocycles. The third kappa shape index (κ3) is 2.80. The maximum atomic E-state index is 13.3. The molecular formula is C21H16N4O3S. The minimum absolute atomic E-state index is 0.105. The normalized spacial score (nSPS) is 17.0. The average molecular weight is 404 g/mol. The van der Waals surface area contributed by atoms with Gasteiger partial charge in [0.05, 0.1) is 11.3 Å². The first-order chi connectivity index (χ1) is 14.1. The highest BCUT2D eigenvalue weighted by molar-refractivity contribution is 7.13. The molecule has 0 fully saturated rings. The Kier molecular flexibility index (Phi) is 4.13. The van der Waals surface area contributed by atoms with Crippen LogP contribution >= 0.6 is 11.3 Å². The molecule has 0 saturated carbocycles. The minimum atomic E-state index is -0.547. The maximum Gasteiger partial charge on any atom is 0.260 e. The van der Waals surface area contributed by atoms with Gasteiger partial charge in [0.15, 0.2) is 5.13 Å². The first kappa shape index (κ1) is 17.6. The summed E-state index contributed by atoms with van der Waals surface area (Å²) in [5.74, 6) is -0.549. The highest BCUT2D eigenvalue weighted by Crippen LogP contribution is 2.45. The zero-order valence-electron chi connectivity index (χ0n) is 15.2. The van der Waals surface area contributed by atoms with Crippen LogP contribution in [0.1, 0.15) is 38.9 Å². The Labute approximate surface area is 170 Å². The Morgan fingerprint density at radius 1 is 1.03 bits per heavy atom. The fourth-order valence-corrected chi connectivity index (χ4v) is 4.43. The van der Waals surface area contributed by atoms with E-state index < -0.39 is 6.17 Å². The number of para-hydroxylation sites is 1. The molecule has 0 saturated heterocycles. The lowest BCUT2D eigenvalue weighted by atomic mass is 10.0. The number of fused-ring (bicyclic) bond motifs is 5. The van der Waals surface area contributed by atoms with Crippen molar-refractivity contribution in [3.8, 4) is 0 Å². The molecule has 0 bridgehead atoms. The molecule has 0 spiro atoms. The van der Waals surface area contributed by atoms with E-state index in [1.165, 1.54) is 11.3 Å². The lowest BCUT2D eigenvalue weighted by Crippen LogP contribution is -2.48. The van der Waals surface area contributed by atoms with E-state index in [1.54, 1.807) is 45.6 Å². The summed E-state index contributed by atoms with van der Waals surface area (Å²) >= 11 is 1.33. The number of nitrogens with one attached hydrogen (secondary N) is 1. The summed E-state index contributed by atoms with van der Waals surface area (Å²) in [6, 6.07) is 14.4. The number of anilines is 2. The second-order valence-electron chi connectivity index (χ2n) is 6.79. The molecule has 3 aromatic rings. The average Bonchev–Trinajstić information content (AvgIpc) is 3.35. The zero-order chi connectivity index (χ0) is 20.0. The second kappa shape index (κ2) is 6.82. The number of thiazole rings is 1. The van der Waals surface area contributed by atoms with Crippen LogP contribution in [-0.4, -0.2) is 34.2 Å². The summed E-state index contributed by atoms with van der Waals surface area (Å²) in [6.45, 7) is 0.188. The molecule has 0 aliphatic carbocycles. The van der Waals surface area contributed by atoms with Crippen molar-refractivity contribution in [1.82, 2.24) is 9.88 Å². The largest absolute Gasteiger partial charge is 0.313 e. The van der Waals surface area contributed by atoms with Crippen LogP contribution in [0, 0.1) is 0 Å². The first-order valence-electron chi connectivity index (χ1n) is 9.17. The molecule has 0 unspecified atom stereocenters. The van der Waals surface area contributed by atoms with Crippen LogP contribution in [0.3, 0.4) is 0 Å². The van der Waals surface area contributed by atoms with Gasteiger partial charge in [0.2, 0.25) is 5.91 Å². The van der Waals surface area contributed by atoms with Gasteiger partial charge in [-0.05, 0) is 18.2 Å². The number of nitrogens with zero attached hydrogens (tertiary/aromatic N) is 3. The molecule has 144 valence electrons. The van der Waals surface area contributed by atoms with Crippen molar-refractivity contribution in [1.29, 1.82) is 0 Å². The lowest BCUT2D eigenvalue weighted by Gasteiger charge is -2.40. The summed E-state index contributed by atoms with van der Waals surface area (Å²) in [4.78, 5) is 46.0. The van der Waals surface area contributed by atoms with E-state index in [0.717, 1.165) is 5.56 Å². The van der Waals surface area contributed by atoms with Crippen molar-refractivity contribution in [2.75, 3.05) is 16.8 Å². The molecule has 2 aromatic carbocycles. The molecule has 5 rings (SSSR count). The molecule has 8 heteroatoms. The molecule has 2 aliphatic heterocycles. The number of hydrogen-bond acceptors (Lipinski definition) is 5. The van der Waals surface area contributed by atoms with Gasteiger partial charge in [0.1, 0.15) is 6.17 Å². The van der Waals surface area contributed by atoms with E-state index in [0.29, 0.717) is 21.9 Å². The van der Waals surface area contributed by atoms with E-state index >= 15 is 0 Å². The monoisotopic (exact) mass is 404 g/mol. The molecule has 1 aromatic heterocycles. The van der Waals surface area contributed by atoms with Crippen LogP contribution in [-0.2, 0) is 4.79 Å². The van der Waals surface area contributed by atoms with E-state index in [9.17, 15) is 14.4 Å². The number of benzene rings is 2. The van der Waals surface area contributed by atoms with Crippen LogP contribution in [0.4, 0.5) is 10.8 Å². The first-order valence-corrected chi connectivity index (χ1v) is 10.0. The molecule has 7 nitrogen and oxygen atoms in total. The summed E-state index contributed by atoms with van der Waals surface area (Å²) in [5.41, 5.74) is 2.43. The highest BCUT2D eigenvalue weighted by atomic mass is 32.1. The fraction of sp³-hybridized carbons (Fsp3) is 0.143. The van der Waals surface area contributed by atoms with Crippen molar-refractivity contribution in [2.24, 2.45) is 0 Å². The topological polar surface area (TPSA) is 82.6 Å².